The van der Waals surface area contributed by atoms with Crippen LogP contribution in [0.25, 0.3) is 22.3 Å². The van der Waals surface area contributed by atoms with Gasteiger partial charge in [0.25, 0.3) is 0 Å². The predicted molar refractivity (Wildman–Crippen MR) is 115 cm³/mol. The van der Waals surface area contributed by atoms with Crippen LogP contribution in [-0.2, 0) is 0 Å². The van der Waals surface area contributed by atoms with E-state index in [0.717, 1.165) is 11.5 Å². The summed E-state index contributed by atoms with van der Waals surface area (Å²) in [4.78, 5) is 4.02. The summed E-state index contributed by atoms with van der Waals surface area (Å²) in [5, 5.41) is 12.6. The fourth-order valence-electron chi connectivity index (χ4n) is 3.61. The number of aromatic nitrogens is 5. The van der Waals surface area contributed by atoms with Gasteiger partial charge in [-0.2, -0.15) is 10.2 Å². The highest BCUT2D eigenvalue weighted by Gasteiger charge is 2.16. The lowest BCUT2D eigenvalue weighted by Crippen LogP contribution is -2.02. The molecule has 9 heteroatoms. The van der Waals surface area contributed by atoms with E-state index in [1.807, 2.05) is 12.1 Å². The molecule has 0 saturated carbocycles. The van der Waals surface area contributed by atoms with Crippen molar-refractivity contribution in [3.63, 3.8) is 0 Å². The summed E-state index contributed by atoms with van der Waals surface area (Å²) in [6.07, 6.45) is 1.45. The van der Waals surface area contributed by atoms with Crippen LogP contribution in [0.3, 0.4) is 0 Å². The van der Waals surface area contributed by atoms with Crippen molar-refractivity contribution in [2.75, 3.05) is 5.32 Å². The van der Waals surface area contributed by atoms with Crippen LogP contribution in [0.2, 0.25) is 0 Å². The zero-order chi connectivity index (χ0) is 22.4. The first kappa shape index (κ1) is 19.8. The van der Waals surface area contributed by atoms with Crippen molar-refractivity contribution < 1.29 is 13.2 Å². The number of anilines is 2. The topological polar surface area (TPSA) is 60.6 Å². The number of rotatable bonds is 4. The van der Waals surface area contributed by atoms with E-state index in [-0.39, 0.29) is 11.4 Å². The highest BCUT2D eigenvalue weighted by atomic mass is 19.1. The summed E-state index contributed by atoms with van der Waals surface area (Å²) in [6.45, 7) is 3.53. The van der Waals surface area contributed by atoms with E-state index in [1.54, 1.807) is 32.0 Å². The maximum atomic E-state index is 14.7. The van der Waals surface area contributed by atoms with E-state index >= 15 is 0 Å². The molecular formula is C23H17F3N6. The molecule has 0 atom stereocenters. The molecule has 32 heavy (non-hydrogen) atoms. The van der Waals surface area contributed by atoms with Gasteiger partial charge in [0.05, 0.1) is 5.69 Å². The van der Waals surface area contributed by atoms with Gasteiger partial charge < -0.3 is 5.32 Å². The first-order chi connectivity index (χ1) is 15.4. The standard InChI is InChI=1S/C23H17F3N6/c1-13-17-4-3-5-20(23(17)30-32(13)22-8-6-15(24)10-18(22)25)28-16-7-9-21(19(26)11-16)31-12-27-14(2)29-31/h3-12,28H,1-2H3. The molecule has 0 fully saturated rings. The van der Waals surface area contributed by atoms with Gasteiger partial charge in [0.1, 0.15) is 34.9 Å². The molecule has 0 saturated heterocycles. The summed E-state index contributed by atoms with van der Waals surface area (Å²) in [5.74, 6) is -1.30. The van der Waals surface area contributed by atoms with Crippen LogP contribution >= 0.6 is 0 Å². The second kappa shape index (κ2) is 7.52. The number of hydrogen-bond donors (Lipinski definition) is 1. The molecule has 2 aromatic heterocycles. The van der Waals surface area contributed by atoms with Crippen LogP contribution in [0.5, 0.6) is 0 Å². The van der Waals surface area contributed by atoms with E-state index < -0.39 is 17.5 Å². The van der Waals surface area contributed by atoms with Crippen LogP contribution in [0.15, 0.2) is 60.9 Å². The lowest BCUT2D eigenvalue weighted by atomic mass is 10.1. The Morgan fingerprint density at radius 3 is 2.34 bits per heavy atom. The van der Waals surface area contributed by atoms with Gasteiger partial charge in [-0.15, -0.1) is 0 Å². The minimum Gasteiger partial charge on any atom is -0.354 e. The third-order valence-corrected chi connectivity index (χ3v) is 5.16. The molecule has 0 aliphatic rings. The summed E-state index contributed by atoms with van der Waals surface area (Å²) in [5.41, 5.74) is 2.82. The Labute approximate surface area is 180 Å². The van der Waals surface area contributed by atoms with Crippen LogP contribution < -0.4 is 5.32 Å². The molecule has 1 N–H and O–H groups in total. The second-order valence-corrected chi connectivity index (χ2v) is 7.32. The molecule has 6 nitrogen and oxygen atoms in total. The summed E-state index contributed by atoms with van der Waals surface area (Å²) in [7, 11) is 0. The van der Waals surface area contributed by atoms with Crippen LogP contribution in [-0.4, -0.2) is 24.5 Å². The van der Waals surface area contributed by atoms with Gasteiger partial charge in [-0.1, -0.05) is 12.1 Å². The minimum absolute atomic E-state index is 0.143. The largest absolute Gasteiger partial charge is 0.354 e. The van der Waals surface area contributed by atoms with Crippen LogP contribution in [0.4, 0.5) is 24.5 Å². The predicted octanol–water partition coefficient (Wildman–Crippen LogP) is 5.38. The van der Waals surface area contributed by atoms with E-state index in [0.29, 0.717) is 28.4 Å². The summed E-state index contributed by atoms with van der Waals surface area (Å²) in [6, 6.07) is 13.5. The van der Waals surface area contributed by atoms with Crippen molar-refractivity contribution in [2.45, 2.75) is 13.8 Å². The van der Waals surface area contributed by atoms with Crippen molar-refractivity contribution in [3.05, 3.63) is 89.9 Å². The smallest absolute Gasteiger partial charge is 0.151 e. The second-order valence-electron chi connectivity index (χ2n) is 7.32. The van der Waals surface area contributed by atoms with Crippen molar-refractivity contribution in [1.29, 1.82) is 0 Å². The Bertz CT molecular complexity index is 1470. The molecule has 0 unspecified atom stereocenters. The molecule has 0 bridgehead atoms. The molecule has 3 aromatic carbocycles. The fraction of sp³-hybridized carbons (Fsp3) is 0.0870. The van der Waals surface area contributed by atoms with Gasteiger partial charge in [0.15, 0.2) is 11.6 Å². The lowest BCUT2D eigenvalue weighted by Gasteiger charge is -2.09. The van der Waals surface area contributed by atoms with E-state index in [2.05, 4.69) is 20.5 Å². The molecular weight excluding hydrogens is 417 g/mol. The van der Waals surface area contributed by atoms with Crippen molar-refractivity contribution in [2.24, 2.45) is 0 Å². The summed E-state index contributed by atoms with van der Waals surface area (Å²) < 4.78 is 45.2. The number of halogens is 3. The Hall–Kier alpha value is -4.14. The number of nitrogens with zero attached hydrogens (tertiary/aromatic N) is 5. The van der Waals surface area contributed by atoms with Crippen molar-refractivity contribution in [3.8, 4) is 11.4 Å². The molecule has 160 valence electrons. The average molecular weight is 434 g/mol. The van der Waals surface area contributed by atoms with Gasteiger partial charge >= 0.3 is 0 Å². The van der Waals surface area contributed by atoms with E-state index in [4.69, 9.17) is 0 Å². The SMILES string of the molecule is Cc1ncn(-c2ccc(Nc3cccc4c(C)n(-c5ccc(F)cc5F)nc34)cc2F)n1. The number of aryl methyl sites for hydroxylation is 2. The van der Waals surface area contributed by atoms with Crippen molar-refractivity contribution in [1.82, 2.24) is 24.5 Å². The molecule has 0 aliphatic heterocycles. The molecule has 2 heterocycles. The van der Waals surface area contributed by atoms with E-state index in [9.17, 15) is 13.2 Å². The maximum Gasteiger partial charge on any atom is 0.151 e. The minimum atomic E-state index is -0.712. The van der Waals surface area contributed by atoms with Gasteiger partial charge in [0, 0.05) is 22.8 Å². The maximum absolute atomic E-state index is 14.7. The van der Waals surface area contributed by atoms with Crippen LogP contribution in [0.1, 0.15) is 11.5 Å². The number of hydrogen-bond acceptors (Lipinski definition) is 4. The molecule has 0 radical (unpaired) electrons. The Balaban J connectivity index is 1.53. The molecule has 5 rings (SSSR count). The third kappa shape index (κ3) is 3.37. The third-order valence-electron chi connectivity index (χ3n) is 5.16. The molecule has 0 spiro atoms. The van der Waals surface area contributed by atoms with Gasteiger partial charge in [-0.3, -0.25) is 0 Å². The average Bonchev–Trinajstić information content (AvgIpc) is 3.33. The van der Waals surface area contributed by atoms with Crippen LogP contribution in [0, 0.1) is 31.3 Å². The quantitative estimate of drug-likeness (QED) is 0.412. The Morgan fingerprint density at radius 1 is 0.844 bits per heavy atom. The number of nitrogens with one attached hydrogen (secondary N) is 1. The van der Waals surface area contributed by atoms with Crippen molar-refractivity contribution >= 4 is 22.3 Å². The molecule has 5 aromatic rings. The fourth-order valence-corrected chi connectivity index (χ4v) is 3.61. The Kier molecular flexibility index (Phi) is 4.66. The lowest BCUT2D eigenvalue weighted by molar-refractivity contribution is 0.573. The number of benzene rings is 3. The number of fused-ring (bicyclic) bond motifs is 1. The van der Waals surface area contributed by atoms with Gasteiger partial charge in [0.2, 0.25) is 0 Å². The highest BCUT2D eigenvalue weighted by Crippen LogP contribution is 2.30. The van der Waals surface area contributed by atoms with Gasteiger partial charge in [-0.05, 0) is 50.2 Å². The van der Waals surface area contributed by atoms with Gasteiger partial charge in [-0.25, -0.2) is 27.5 Å². The zero-order valence-electron chi connectivity index (χ0n) is 17.1. The molecule has 0 aliphatic carbocycles. The van der Waals surface area contributed by atoms with E-state index in [1.165, 1.54) is 33.9 Å². The zero-order valence-corrected chi connectivity index (χ0v) is 17.1. The first-order valence-electron chi connectivity index (χ1n) is 9.80. The summed E-state index contributed by atoms with van der Waals surface area (Å²) >= 11 is 0. The molecule has 0 amide bonds. The normalized spacial score (nSPS) is 11.3. The Morgan fingerprint density at radius 2 is 1.62 bits per heavy atom. The monoisotopic (exact) mass is 434 g/mol. The highest BCUT2D eigenvalue weighted by molar-refractivity contribution is 5.94. The first-order valence-corrected chi connectivity index (χ1v) is 9.80.